The summed E-state index contributed by atoms with van der Waals surface area (Å²) in [5.41, 5.74) is 7.79. The predicted molar refractivity (Wildman–Crippen MR) is 60.5 cm³/mol. The van der Waals surface area contributed by atoms with Gasteiger partial charge in [-0.1, -0.05) is 6.92 Å². The van der Waals surface area contributed by atoms with Gasteiger partial charge in [0.25, 0.3) is 0 Å². The molecule has 2 heterocycles. The fraction of sp³-hybridized carbons (Fsp3) is 0.455. The second-order valence-electron chi connectivity index (χ2n) is 4.04. The smallest absolute Gasteiger partial charge is 0.141 e. The van der Waals surface area contributed by atoms with Crippen LogP contribution < -0.4 is 5.73 Å². The Kier molecular flexibility index (Phi) is 2.68. The summed E-state index contributed by atoms with van der Waals surface area (Å²) in [5.74, 6) is 1.29. The number of H-pyrrole nitrogens is 1. The highest BCUT2D eigenvalue weighted by molar-refractivity contribution is 5.78. The number of fused-ring (bicyclic) bond motifs is 1. The third-order valence-corrected chi connectivity index (χ3v) is 2.61. The average Bonchev–Trinajstić information content (AvgIpc) is 2.60. The summed E-state index contributed by atoms with van der Waals surface area (Å²) in [6, 6.07) is 0. The largest absolute Gasteiger partial charge is 0.346 e. The van der Waals surface area contributed by atoms with E-state index in [4.69, 9.17) is 5.73 Å². The van der Waals surface area contributed by atoms with E-state index in [-0.39, 0.29) is 0 Å². The van der Waals surface area contributed by atoms with Crippen LogP contribution in [0.1, 0.15) is 18.3 Å². The molecule has 0 amide bonds. The molecule has 0 aromatic carbocycles. The van der Waals surface area contributed by atoms with E-state index < -0.39 is 0 Å². The summed E-state index contributed by atoms with van der Waals surface area (Å²) in [6.45, 7) is 4.75. The molecule has 0 bridgehead atoms. The van der Waals surface area contributed by atoms with Crippen LogP contribution in [0.25, 0.3) is 11.0 Å². The van der Waals surface area contributed by atoms with Gasteiger partial charge in [0.05, 0.1) is 0 Å². The van der Waals surface area contributed by atoms with Crippen LogP contribution in [0, 0.1) is 12.8 Å². The lowest BCUT2D eigenvalue weighted by atomic mass is 10.0. The lowest BCUT2D eigenvalue weighted by molar-refractivity contribution is 0.595. The van der Waals surface area contributed by atoms with Gasteiger partial charge < -0.3 is 10.7 Å². The lowest BCUT2D eigenvalue weighted by Gasteiger charge is -2.06. The molecule has 0 spiro atoms. The monoisotopic (exact) mass is 204 g/mol. The van der Waals surface area contributed by atoms with E-state index in [0.29, 0.717) is 12.5 Å². The highest BCUT2D eigenvalue weighted by atomic mass is 14.9. The number of nitrogens with two attached hydrogens (primary N) is 1. The fourth-order valence-electron chi connectivity index (χ4n) is 1.68. The molecule has 80 valence electrons. The Morgan fingerprint density at radius 2 is 2.33 bits per heavy atom. The van der Waals surface area contributed by atoms with Crippen molar-refractivity contribution in [1.29, 1.82) is 0 Å². The molecule has 3 N–H and O–H groups in total. The Morgan fingerprint density at radius 3 is 3.07 bits per heavy atom. The standard InChI is InChI=1S/C11H16N4/c1-7(4-12)3-9-5-14-11-10(9)6-13-8(2)15-11/h5-7H,3-4,12H2,1-2H3,(H,13,14,15). The molecule has 0 aliphatic heterocycles. The van der Waals surface area contributed by atoms with Crippen LogP contribution >= 0.6 is 0 Å². The predicted octanol–water partition coefficient (Wildman–Crippen LogP) is 1.40. The molecule has 4 nitrogen and oxygen atoms in total. The Hall–Kier alpha value is -1.42. The minimum atomic E-state index is 0.491. The molecular weight excluding hydrogens is 188 g/mol. The van der Waals surface area contributed by atoms with Crippen LogP contribution in [0.5, 0.6) is 0 Å². The van der Waals surface area contributed by atoms with Crippen LogP contribution in [0.3, 0.4) is 0 Å². The molecule has 0 aliphatic rings. The Bertz CT molecular complexity index is 461. The topological polar surface area (TPSA) is 67.6 Å². The van der Waals surface area contributed by atoms with E-state index in [1.807, 2.05) is 19.3 Å². The summed E-state index contributed by atoms with van der Waals surface area (Å²) < 4.78 is 0. The fourth-order valence-corrected chi connectivity index (χ4v) is 1.68. The Balaban J connectivity index is 2.36. The summed E-state index contributed by atoms with van der Waals surface area (Å²) in [7, 11) is 0. The van der Waals surface area contributed by atoms with Gasteiger partial charge in [-0.05, 0) is 31.4 Å². The number of aromatic amines is 1. The third-order valence-electron chi connectivity index (χ3n) is 2.61. The summed E-state index contributed by atoms with van der Waals surface area (Å²) in [6.07, 6.45) is 4.86. The molecule has 1 unspecified atom stereocenters. The lowest BCUT2D eigenvalue weighted by Crippen LogP contribution is -2.12. The summed E-state index contributed by atoms with van der Waals surface area (Å²) >= 11 is 0. The molecule has 4 heteroatoms. The number of aryl methyl sites for hydroxylation is 1. The zero-order chi connectivity index (χ0) is 10.8. The molecule has 15 heavy (non-hydrogen) atoms. The highest BCUT2D eigenvalue weighted by Gasteiger charge is 2.08. The molecule has 0 aliphatic carbocycles. The van der Waals surface area contributed by atoms with Gasteiger partial charge >= 0.3 is 0 Å². The maximum absolute atomic E-state index is 5.62. The van der Waals surface area contributed by atoms with Crippen molar-refractivity contribution in [3.05, 3.63) is 23.8 Å². The van der Waals surface area contributed by atoms with E-state index in [1.165, 1.54) is 5.56 Å². The first kappa shape index (κ1) is 10.1. The van der Waals surface area contributed by atoms with Gasteiger partial charge in [0.2, 0.25) is 0 Å². The molecule has 2 rings (SSSR count). The van der Waals surface area contributed by atoms with Crippen molar-refractivity contribution in [2.45, 2.75) is 20.3 Å². The number of rotatable bonds is 3. The van der Waals surface area contributed by atoms with Gasteiger partial charge in [-0.3, -0.25) is 0 Å². The molecule has 1 atom stereocenters. The van der Waals surface area contributed by atoms with Crippen molar-refractivity contribution in [2.75, 3.05) is 6.54 Å². The van der Waals surface area contributed by atoms with E-state index in [0.717, 1.165) is 23.3 Å². The normalized spacial score (nSPS) is 13.3. The van der Waals surface area contributed by atoms with Gasteiger partial charge in [-0.2, -0.15) is 0 Å². The molecule has 2 aromatic heterocycles. The van der Waals surface area contributed by atoms with Crippen LogP contribution in [-0.4, -0.2) is 21.5 Å². The van der Waals surface area contributed by atoms with Crippen LogP contribution in [0.2, 0.25) is 0 Å². The molecule has 0 saturated carbocycles. The van der Waals surface area contributed by atoms with Crippen molar-refractivity contribution < 1.29 is 0 Å². The van der Waals surface area contributed by atoms with E-state index in [1.54, 1.807) is 0 Å². The first-order valence-corrected chi connectivity index (χ1v) is 5.20. The van der Waals surface area contributed by atoms with Gasteiger partial charge in [0.15, 0.2) is 0 Å². The van der Waals surface area contributed by atoms with E-state index >= 15 is 0 Å². The maximum Gasteiger partial charge on any atom is 0.141 e. The molecule has 0 fully saturated rings. The molecule has 2 aromatic rings. The van der Waals surface area contributed by atoms with Gasteiger partial charge in [0.1, 0.15) is 11.5 Å². The SMILES string of the molecule is Cc1ncc2c(CC(C)CN)c[nH]c2n1. The summed E-state index contributed by atoms with van der Waals surface area (Å²) in [5, 5.41) is 1.11. The van der Waals surface area contributed by atoms with Crippen molar-refractivity contribution >= 4 is 11.0 Å². The first-order chi connectivity index (χ1) is 7.20. The zero-order valence-corrected chi connectivity index (χ0v) is 9.12. The second kappa shape index (κ2) is 3.98. The third kappa shape index (κ3) is 1.99. The Labute approximate surface area is 88.9 Å². The Morgan fingerprint density at radius 1 is 1.53 bits per heavy atom. The van der Waals surface area contributed by atoms with Gasteiger partial charge in [-0.25, -0.2) is 9.97 Å². The molecular formula is C11H16N4. The maximum atomic E-state index is 5.62. The van der Waals surface area contributed by atoms with Crippen LogP contribution in [0.4, 0.5) is 0 Å². The van der Waals surface area contributed by atoms with Crippen molar-refractivity contribution in [3.8, 4) is 0 Å². The van der Waals surface area contributed by atoms with Crippen molar-refractivity contribution in [3.63, 3.8) is 0 Å². The number of nitrogens with one attached hydrogen (secondary N) is 1. The van der Waals surface area contributed by atoms with Crippen LogP contribution in [-0.2, 0) is 6.42 Å². The van der Waals surface area contributed by atoms with Gasteiger partial charge in [-0.15, -0.1) is 0 Å². The highest BCUT2D eigenvalue weighted by Crippen LogP contribution is 2.18. The molecule has 0 radical (unpaired) electrons. The summed E-state index contributed by atoms with van der Waals surface area (Å²) in [4.78, 5) is 11.7. The van der Waals surface area contributed by atoms with Crippen molar-refractivity contribution in [1.82, 2.24) is 15.0 Å². The van der Waals surface area contributed by atoms with Crippen LogP contribution in [0.15, 0.2) is 12.4 Å². The number of hydrogen-bond donors (Lipinski definition) is 2. The number of hydrogen-bond acceptors (Lipinski definition) is 3. The second-order valence-corrected chi connectivity index (χ2v) is 4.04. The number of aromatic nitrogens is 3. The number of nitrogens with zero attached hydrogens (tertiary/aromatic N) is 2. The molecule has 0 saturated heterocycles. The first-order valence-electron chi connectivity index (χ1n) is 5.20. The van der Waals surface area contributed by atoms with Gasteiger partial charge in [0, 0.05) is 17.8 Å². The zero-order valence-electron chi connectivity index (χ0n) is 9.12. The quantitative estimate of drug-likeness (QED) is 0.794. The van der Waals surface area contributed by atoms with Crippen molar-refractivity contribution in [2.24, 2.45) is 11.7 Å². The minimum absolute atomic E-state index is 0.491. The average molecular weight is 204 g/mol. The van der Waals surface area contributed by atoms with E-state index in [2.05, 4.69) is 21.9 Å². The van der Waals surface area contributed by atoms with E-state index in [9.17, 15) is 0 Å². The minimum Gasteiger partial charge on any atom is -0.346 e.